The Morgan fingerprint density at radius 2 is 2.04 bits per heavy atom. The van der Waals surface area contributed by atoms with Gasteiger partial charge in [-0.05, 0) is 29.3 Å². The molecule has 7 heteroatoms. The number of morpholine rings is 1. The van der Waals surface area contributed by atoms with Crippen molar-refractivity contribution < 1.29 is 14.1 Å². The first-order valence-corrected chi connectivity index (χ1v) is 7.93. The fraction of sp³-hybridized carbons (Fsp3) is 0.294. The molecule has 0 bridgehead atoms. The average molecular weight is 351 g/mol. The van der Waals surface area contributed by atoms with Crippen LogP contribution in [0.4, 0.5) is 10.1 Å². The molecular formula is C17H16ClFN2O3. The van der Waals surface area contributed by atoms with Crippen LogP contribution in [-0.2, 0) is 11.3 Å². The lowest BCUT2D eigenvalue weighted by molar-refractivity contribution is -0.384. The maximum absolute atomic E-state index is 13.0. The van der Waals surface area contributed by atoms with Crippen LogP contribution in [0.2, 0.25) is 5.02 Å². The standard InChI is InChI=1S/C17H16ClFN2O3/c18-15-9-12(1-6-16(15)21(22)23)10-20-7-8-24-17(11-20)13-2-4-14(19)5-3-13/h1-6,9,17H,7-8,10-11H2. The SMILES string of the molecule is O=[N+]([O-])c1ccc(CN2CCOC(c3ccc(F)cc3)C2)cc1Cl. The van der Waals surface area contributed by atoms with E-state index in [4.69, 9.17) is 16.3 Å². The topological polar surface area (TPSA) is 55.6 Å². The Kier molecular flexibility index (Phi) is 5.08. The van der Waals surface area contributed by atoms with Crippen LogP contribution in [0, 0.1) is 15.9 Å². The van der Waals surface area contributed by atoms with Crippen LogP contribution in [0.3, 0.4) is 0 Å². The monoisotopic (exact) mass is 350 g/mol. The molecule has 0 aromatic heterocycles. The first-order valence-electron chi connectivity index (χ1n) is 7.55. The number of hydrogen-bond donors (Lipinski definition) is 0. The van der Waals surface area contributed by atoms with Gasteiger partial charge < -0.3 is 4.74 Å². The molecule has 1 saturated heterocycles. The maximum Gasteiger partial charge on any atom is 0.287 e. The van der Waals surface area contributed by atoms with Gasteiger partial charge in [0.25, 0.3) is 5.69 Å². The summed E-state index contributed by atoms with van der Waals surface area (Å²) in [6.07, 6.45) is -0.118. The lowest BCUT2D eigenvalue weighted by Crippen LogP contribution is -2.37. The molecule has 0 N–H and O–H groups in total. The Hall–Kier alpha value is -2.02. The van der Waals surface area contributed by atoms with Gasteiger partial charge in [0.1, 0.15) is 10.8 Å². The third kappa shape index (κ3) is 3.90. The van der Waals surface area contributed by atoms with E-state index >= 15 is 0 Å². The minimum Gasteiger partial charge on any atom is -0.371 e. The molecule has 0 amide bonds. The van der Waals surface area contributed by atoms with Crippen LogP contribution in [0.25, 0.3) is 0 Å². The number of rotatable bonds is 4. The molecule has 0 saturated carbocycles. The van der Waals surface area contributed by atoms with Gasteiger partial charge in [0, 0.05) is 25.7 Å². The summed E-state index contributed by atoms with van der Waals surface area (Å²) in [5.74, 6) is -0.271. The van der Waals surface area contributed by atoms with Crippen LogP contribution in [0.15, 0.2) is 42.5 Å². The van der Waals surface area contributed by atoms with Crippen molar-refractivity contribution in [1.29, 1.82) is 0 Å². The van der Waals surface area contributed by atoms with Crippen molar-refractivity contribution in [2.75, 3.05) is 19.7 Å². The number of ether oxygens (including phenoxy) is 1. The highest BCUT2D eigenvalue weighted by atomic mass is 35.5. The summed E-state index contributed by atoms with van der Waals surface area (Å²) in [4.78, 5) is 12.5. The smallest absolute Gasteiger partial charge is 0.287 e. The van der Waals surface area contributed by atoms with E-state index < -0.39 is 4.92 Å². The van der Waals surface area contributed by atoms with E-state index in [1.54, 1.807) is 24.3 Å². The number of nitrogens with zero attached hydrogens (tertiary/aromatic N) is 2. The van der Waals surface area contributed by atoms with Crippen molar-refractivity contribution in [2.45, 2.75) is 12.6 Å². The molecule has 0 radical (unpaired) electrons. The number of nitro groups is 1. The zero-order chi connectivity index (χ0) is 17.1. The molecule has 1 atom stereocenters. The minimum atomic E-state index is -0.495. The third-order valence-corrected chi connectivity index (χ3v) is 4.31. The Morgan fingerprint density at radius 3 is 2.71 bits per heavy atom. The molecule has 3 rings (SSSR count). The average Bonchev–Trinajstić information content (AvgIpc) is 2.55. The van der Waals surface area contributed by atoms with Gasteiger partial charge in [0.2, 0.25) is 0 Å². The zero-order valence-corrected chi connectivity index (χ0v) is 13.6. The molecule has 0 spiro atoms. The summed E-state index contributed by atoms with van der Waals surface area (Å²) in [5, 5.41) is 11.0. The predicted molar refractivity (Wildman–Crippen MR) is 88.5 cm³/mol. The highest BCUT2D eigenvalue weighted by molar-refractivity contribution is 6.32. The molecule has 0 aliphatic carbocycles. The van der Waals surface area contributed by atoms with Crippen molar-refractivity contribution in [3.63, 3.8) is 0 Å². The van der Waals surface area contributed by atoms with Crippen LogP contribution in [0.5, 0.6) is 0 Å². The van der Waals surface area contributed by atoms with Crippen LogP contribution < -0.4 is 0 Å². The minimum absolute atomic E-state index is 0.0911. The molecule has 2 aromatic rings. The molecule has 1 heterocycles. The Labute approximate surface area is 143 Å². The van der Waals surface area contributed by atoms with Crippen molar-refractivity contribution >= 4 is 17.3 Å². The molecule has 126 valence electrons. The van der Waals surface area contributed by atoms with E-state index in [2.05, 4.69) is 4.90 Å². The van der Waals surface area contributed by atoms with Crippen molar-refractivity contribution in [3.05, 3.63) is 74.5 Å². The largest absolute Gasteiger partial charge is 0.371 e. The van der Waals surface area contributed by atoms with Gasteiger partial charge in [0.15, 0.2) is 0 Å². The fourth-order valence-electron chi connectivity index (χ4n) is 2.78. The van der Waals surface area contributed by atoms with Crippen molar-refractivity contribution in [3.8, 4) is 0 Å². The van der Waals surface area contributed by atoms with Gasteiger partial charge in [-0.1, -0.05) is 29.8 Å². The van der Waals surface area contributed by atoms with Gasteiger partial charge in [-0.25, -0.2) is 4.39 Å². The summed E-state index contributed by atoms with van der Waals surface area (Å²) in [6.45, 7) is 2.62. The van der Waals surface area contributed by atoms with Gasteiger partial charge in [-0.15, -0.1) is 0 Å². The lowest BCUT2D eigenvalue weighted by atomic mass is 10.1. The summed E-state index contributed by atoms with van der Waals surface area (Å²) < 4.78 is 18.8. The first kappa shape index (κ1) is 16.8. The third-order valence-electron chi connectivity index (χ3n) is 4.01. The molecule has 2 aromatic carbocycles. The molecule has 24 heavy (non-hydrogen) atoms. The summed E-state index contributed by atoms with van der Waals surface area (Å²) in [6, 6.07) is 11.1. The molecule has 1 fully saturated rings. The maximum atomic E-state index is 13.0. The van der Waals surface area contributed by atoms with Gasteiger partial charge in [0.05, 0.1) is 17.6 Å². The van der Waals surface area contributed by atoms with Gasteiger partial charge in [-0.3, -0.25) is 15.0 Å². The summed E-state index contributed by atoms with van der Waals surface area (Å²) in [5.41, 5.74) is 1.75. The van der Waals surface area contributed by atoms with Crippen LogP contribution in [0.1, 0.15) is 17.2 Å². The molecule has 1 aliphatic rings. The number of halogens is 2. The Bertz CT molecular complexity index is 739. The number of hydrogen-bond acceptors (Lipinski definition) is 4. The van der Waals surface area contributed by atoms with E-state index in [1.807, 2.05) is 0 Å². The summed E-state index contributed by atoms with van der Waals surface area (Å²) in [7, 11) is 0. The highest BCUT2D eigenvalue weighted by Crippen LogP contribution is 2.27. The van der Waals surface area contributed by atoms with E-state index in [0.717, 1.165) is 17.7 Å². The normalized spacial score (nSPS) is 18.5. The Morgan fingerprint density at radius 1 is 1.29 bits per heavy atom. The van der Waals surface area contributed by atoms with E-state index in [0.29, 0.717) is 19.7 Å². The second-order valence-electron chi connectivity index (χ2n) is 5.69. The molecule has 1 aliphatic heterocycles. The summed E-state index contributed by atoms with van der Waals surface area (Å²) >= 11 is 5.96. The molecular weight excluding hydrogens is 335 g/mol. The van der Waals surface area contributed by atoms with E-state index in [1.165, 1.54) is 18.2 Å². The second-order valence-corrected chi connectivity index (χ2v) is 6.10. The molecule has 5 nitrogen and oxygen atoms in total. The van der Waals surface area contributed by atoms with Gasteiger partial charge in [-0.2, -0.15) is 0 Å². The highest BCUT2D eigenvalue weighted by Gasteiger charge is 2.22. The van der Waals surface area contributed by atoms with E-state index in [9.17, 15) is 14.5 Å². The number of benzene rings is 2. The quantitative estimate of drug-likeness (QED) is 0.618. The van der Waals surface area contributed by atoms with Crippen molar-refractivity contribution in [1.82, 2.24) is 4.90 Å². The van der Waals surface area contributed by atoms with Crippen molar-refractivity contribution in [2.24, 2.45) is 0 Å². The first-order chi connectivity index (χ1) is 11.5. The Balaban J connectivity index is 1.68. The second kappa shape index (κ2) is 7.25. The zero-order valence-electron chi connectivity index (χ0n) is 12.8. The van der Waals surface area contributed by atoms with E-state index in [-0.39, 0.29) is 22.6 Å². The fourth-order valence-corrected chi connectivity index (χ4v) is 3.05. The lowest BCUT2D eigenvalue weighted by Gasteiger charge is -2.33. The predicted octanol–water partition coefficient (Wildman–Crippen LogP) is 3.96. The van der Waals surface area contributed by atoms with Gasteiger partial charge >= 0.3 is 0 Å². The van der Waals surface area contributed by atoms with Crippen LogP contribution >= 0.6 is 11.6 Å². The number of nitro benzene ring substituents is 1. The van der Waals surface area contributed by atoms with Crippen LogP contribution in [-0.4, -0.2) is 29.5 Å². The molecule has 1 unspecified atom stereocenters.